The molecule has 0 N–H and O–H groups in total. The molecule has 0 atom stereocenters. The van der Waals surface area contributed by atoms with Crippen molar-refractivity contribution in [3.63, 3.8) is 0 Å². The summed E-state index contributed by atoms with van der Waals surface area (Å²) < 4.78 is 0. The summed E-state index contributed by atoms with van der Waals surface area (Å²) in [7, 11) is 0. The van der Waals surface area contributed by atoms with Crippen molar-refractivity contribution in [1.29, 1.82) is 0 Å². The molecule has 1 fully saturated rings. The van der Waals surface area contributed by atoms with Gasteiger partial charge >= 0.3 is 17.8 Å². The second-order valence-corrected chi connectivity index (χ2v) is 4.70. The minimum Gasteiger partial charge on any atom is -0.263 e. The minimum absolute atomic E-state index is 0.0597. The molecule has 0 spiro atoms. The van der Waals surface area contributed by atoms with Crippen molar-refractivity contribution in [3.8, 4) is 0 Å². The van der Waals surface area contributed by atoms with Gasteiger partial charge < -0.3 is 0 Å². The second kappa shape index (κ2) is 5.40. The number of hydrogen-bond acceptors (Lipinski definition) is 3. The number of urea groups is 1. The van der Waals surface area contributed by atoms with Gasteiger partial charge in [-0.1, -0.05) is 30.7 Å². The molecule has 2 rings (SSSR count). The fourth-order valence-electron chi connectivity index (χ4n) is 1.93. The molecule has 100 valence electrons. The summed E-state index contributed by atoms with van der Waals surface area (Å²) in [6.07, 6.45) is 0.621. The Labute approximate surface area is 115 Å². The topological polar surface area (TPSA) is 57.7 Å². The Hall–Kier alpha value is -1.88. The van der Waals surface area contributed by atoms with Crippen LogP contribution in [0.2, 0.25) is 5.02 Å². The lowest BCUT2D eigenvalue weighted by molar-refractivity contribution is -0.143. The number of nitrogens with zero attached hydrogens (tertiary/aromatic N) is 2. The van der Waals surface area contributed by atoms with Gasteiger partial charge in [0.1, 0.15) is 0 Å². The first kappa shape index (κ1) is 13.5. The average Bonchev–Trinajstić information content (AvgIpc) is 2.57. The number of rotatable bonds is 4. The SMILES string of the molecule is CCCN1C(=O)C(=O)N(Cc2cccc(Cl)c2)C1=O. The summed E-state index contributed by atoms with van der Waals surface area (Å²) in [5.41, 5.74) is 0.709. The van der Waals surface area contributed by atoms with Crippen LogP contribution >= 0.6 is 11.6 Å². The molecule has 1 aliphatic rings. The fraction of sp³-hybridized carbons (Fsp3) is 0.308. The van der Waals surface area contributed by atoms with Gasteiger partial charge in [-0.15, -0.1) is 0 Å². The van der Waals surface area contributed by atoms with Crippen LogP contribution in [0.25, 0.3) is 0 Å². The molecule has 0 saturated carbocycles. The van der Waals surface area contributed by atoms with E-state index in [2.05, 4.69) is 0 Å². The van der Waals surface area contributed by atoms with Gasteiger partial charge in [0, 0.05) is 11.6 Å². The zero-order chi connectivity index (χ0) is 14.0. The van der Waals surface area contributed by atoms with Crippen LogP contribution in [0.15, 0.2) is 24.3 Å². The molecule has 1 heterocycles. The quantitative estimate of drug-likeness (QED) is 0.626. The van der Waals surface area contributed by atoms with Crippen LogP contribution in [0.3, 0.4) is 0 Å². The van der Waals surface area contributed by atoms with E-state index in [9.17, 15) is 14.4 Å². The van der Waals surface area contributed by atoms with E-state index in [4.69, 9.17) is 11.6 Å². The molecular formula is C13H13ClN2O3. The molecule has 0 unspecified atom stereocenters. The fourth-order valence-corrected chi connectivity index (χ4v) is 2.14. The van der Waals surface area contributed by atoms with Crippen molar-refractivity contribution in [2.24, 2.45) is 0 Å². The smallest absolute Gasteiger partial charge is 0.263 e. The van der Waals surface area contributed by atoms with E-state index in [0.717, 1.165) is 9.80 Å². The van der Waals surface area contributed by atoms with E-state index < -0.39 is 17.8 Å². The number of carbonyl (C=O) groups is 3. The van der Waals surface area contributed by atoms with E-state index in [1.165, 1.54) is 0 Å². The number of halogens is 1. The van der Waals surface area contributed by atoms with Crippen LogP contribution in [-0.2, 0) is 16.1 Å². The summed E-state index contributed by atoms with van der Waals surface area (Å²) >= 11 is 5.84. The highest BCUT2D eigenvalue weighted by molar-refractivity contribution is 6.44. The Bertz CT molecular complexity index is 544. The van der Waals surface area contributed by atoms with Gasteiger partial charge in [-0.3, -0.25) is 19.4 Å². The van der Waals surface area contributed by atoms with Crippen molar-refractivity contribution in [2.75, 3.05) is 6.54 Å². The van der Waals surface area contributed by atoms with Crippen LogP contribution in [0.5, 0.6) is 0 Å². The first-order valence-electron chi connectivity index (χ1n) is 5.96. The second-order valence-electron chi connectivity index (χ2n) is 4.26. The van der Waals surface area contributed by atoms with Gasteiger partial charge in [0.15, 0.2) is 0 Å². The maximum absolute atomic E-state index is 12.0. The predicted molar refractivity (Wildman–Crippen MR) is 69.4 cm³/mol. The van der Waals surface area contributed by atoms with Gasteiger partial charge in [0.2, 0.25) is 0 Å². The lowest BCUT2D eigenvalue weighted by atomic mass is 10.2. The molecule has 5 nitrogen and oxygen atoms in total. The van der Waals surface area contributed by atoms with E-state index in [1.54, 1.807) is 24.3 Å². The number of amides is 4. The lowest BCUT2D eigenvalue weighted by Gasteiger charge is -2.14. The van der Waals surface area contributed by atoms with Crippen LogP contribution in [0.1, 0.15) is 18.9 Å². The Morgan fingerprint density at radius 1 is 1.11 bits per heavy atom. The standard InChI is InChI=1S/C13H13ClN2O3/c1-2-6-15-11(17)12(18)16(13(15)19)8-9-4-3-5-10(14)7-9/h3-5,7H,2,6,8H2,1H3. The largest absolute Gasteiger partial charge is 0.334 e. The normalized spacial score (nSPS) is 15.6. The zero-order valence-corrected chi connectivity index (χ0v) is 11.2. The molecular weight excluding hydrogens is 268 g/mol. The summed E-state index contributed by atoms with van der Waals surface area (Å²) in [6.45, 7) is 2.16. The van der Waals surface area contributed by atoms with Crippen LogP contribution in [-0.4, -0.2) is 34.2 Å². The van der Waals surface area contributed by atoms with Crippen LogP contribution in [0, 0.1) is 0 Å². The molecule has 0 radical (unpaired) electrons. The number of benzene rings is 1. The molecule has 1 saturated heterocycles. The van der Waals surface area contributed by atoms with E-state index in [1.807, 2.05) is 6.92 Å². The van der Waals surface area contributed by atoms with Crippen molar-refractivity contribution < 1.29 is 14.4 Å². The Morgan fingerprint density at radius 3 is 2.42 bits per heavy atom. The van der Waals surface area contributed by atoms with Crippen LogP contribution < -0.4 is 0 Å². The highest BCUT2D eigenvalue weighted by Crippen LogP contribution is 2.18. The number of hydrogen-bond donors (Lipinski definition) is 0. The molecule has 19 heavy (non-hydrogen) atoms. The molecule has 0 bridgehead atoms. The minimum atomic E-state index is -0.779. The maximum Gasteiger partial charge on any atom is 0.334 e. The van der Waals surface area contributed by atoms with Crippen LogP contribution in [0.4, 0.5) is 4.79 Å². The first-order valence-corrected chi connectivity index (χ1v) is 6.34. The molecule has 4 amide bonds. The van der Waals surface area contributed by atoms with E-state index >= 15 is 0 Å². The predicted octanol–water partition coefficient (Wildman–Crippen LogP) is 2.04. The van der Waals surface area contributed by atoms with Gasteiger partial charge in [0.05, 0.1) is 6.54 Å². The summed E-state index contributed by atoms with van der Waals surface area (Å²) in [6, 6.07) is 6.28. The lowest BCUT2D eigenvalue weighted by Crippen LogP contribution is -2.33. The highest BCUT2D eigenvalue weighted by Gasteiger charge is 2.43. The highest BCUT2D eigenvalue weighted by atomic mass is 35.5. The van der Waals surface area contributed by atoms with Gasteiger partial charge in [0.25, 0.3) is 0 Å². The molecule has 1 aromatic carbocycles. The molecule has 1 aliphatic heterocycles. The van der Waals surface area contributed by atoms with Crippen molar-refractivity contribution in [2.45, 2.75) is 19.9 Å². The summed E-state index contributed by atoms with van der Waals surface area (Å²) in [5.74, 6) is -1.53. The number of imide groups is 2. The van der Waals surface area contributed by atoms with E-state index in [0.29, 0.717) is 17.0 Å². The molecule has 6 heteroatoms. The average molecular weight is 281 g/mol. The summed E-state index contributed by atoms with van der Waals surface area (Å²) in [4.78, 5) is 37.3. The Balaban J connectivity index is 2.19. The zero-order valence-electron chi connectivity index (χ0n) is 10.4. The first-order chi connectivity index (χ1) is 9.04. The third kappa shape index (κ3) is 2.61. The third-order valence-electron chi connectivity index (χ3n) is 2.81. The number of carbonyl (C=O) groups excluding carboxylic acids is 3. The van der Waals surface area contributed by atoms with Crippen molar-refractivity contribution >= 4 is 29.4 Å². The molecule has 0 aromatic heterocycles. The monoisotopic (exact) mass is 280 g/mol. The Morgan fingerprint density at radius 2 is 1.79 bits per heavy atom. The molecule has 0 aliphatic carbocycles. The van der Waals surface area contributed by atoms with Gasteiger partial charge in [-0.05, 0) is 24.1 Å². The van der Waals surface area contributed by atoms with Gasteiger partial charge in [-0.25, -0.2) is 4.79 Å². The summed E-state index contributed by atoms with van der Waals surface area (Å²) in [5, 5.41) is 0.522. The van der Waals surface area contributed by atoms with Crippen molar-refractivity contribution in [1.82, 2.24) is 9.80 Å². The Kier molecular flexibility index (Phi) is 3.85. The third-order valence-corrected chi connectivity index (χ3v) is 3.05. The van der Waals surface area contributed by atoms with Crippen molar-refractivity contribution in [3.05, 3.63) is 34.9 Å². The van der Waals surface area contributed by atoms with E-state index in [-0.39, 0.29) is 13.1 Å². The van der Waals surface area contributed by atoms with Gasteiger partial charge in [-0.2, -0.15) is 0 Å². The maximum atomic E-state index is 12.0. The molecule has 1 aromatic rings.